The number of nitrogens with zero attached hydrogens (tertiary/aromatic N) is 4. The van der Waals surface area contributed by atoms with Crippen LogP contribution >= 0.6 is 0 Å². The minimum atomic E-state index is -3.94. The SMILES string of the molecule is Cc1cc(OC(=O)c2c(F)cc(NS(=O)(=O)CCO)cc2N2CC[C@]3(C)C[C@@H]3C2)nc(N2CCC(F)(F)CC2)n1. The van der Waals surface area contributed by atoms with Gasteiger partial charge in [-0.25, -0.2) is 31.4 Å². The lowest BCUT2D eigenvalue weighted by molar-refractivity contribution is -0.0222. The molecule has 1 aromatic carbocycles. The summed E-state index contributed by atoms with van der Waals surface area (Å²) in [7, 11) is -3.94. The molecule has 10 nitrogen and oxygen atoms in total. The van der Waals surface area contributed by atoms with Gasteiger partial charge in [0.15, 0.2) is 0 Å². The molecule has 2 N–H and O–H groups in total. The summed E-state index contributed by atoms with van der Waals surface area (Å²) in [6.07, 6.45) is 1.15. The predicted molar refractivity (Wildman–Crippen MR) is 142 cm³/mol. The number of fused-ring (bicyclic) bond motifs is 1. The van der Waals surface area contributed by atoms with Crippen LogP contribution in [0.25, 0.3) is 0 Å². The molecule has 3 aliphatic rings. The number of aryl methyl sites for hydroxylation is 1. The number of esters is 1. The number of ether oxygens (including phenoxy) is 1. The molecule has 1 aliphatic carbocycles. The van der Waals surface area contributed by atoms with E-state index in [-0.39, 0.29) is 60.1 Å². The molecule has 1 aromatic heterocycles. The topological polar surface area (TPSA) is 125 Å². The number of benzene rings is 1. The molecule has 3 heterocycles. The van der Waals surface area contributed by atoms with Crippen LogP contribution in [-0.4, -0.2) is 73.9 Å². The van der Waals surface area contributed by atoms with E-state index in [0.29, 0.717) is 24.7 Å². The quantitative estimate of drug-likeness (QED) is 0.450. The summed E-state index contributed by atoms with van der Waals surface area (Å²) in [5.41, 5.74) is 0.380. The number of hydrogen-bond donors (Lipinski definition) is 2. The monoisotopic (exact) mass is 583 g/mol. The summed E-state index contributed by atoms with van der Waals surface area (Å²) >= 11 is 0. The van der Waals surface area contributed by atoms with E-state index in [1.165, 1.54) is 12.1 Å². The lowest BCUT2D eigenvalue weighted by atomic mass is 9.96. The second-order valence-corrected chi connectivity index (χ2v) is 13.0. The van der Waals surface area contributed by atoms with Crippen molar-refractivity contribution < 1.29 is 36.2 Å². The zero-order valence-corrected chi connectivity index (χ0v) is 23.1. The van der Waals surface area contributed by atoms with Crippen LogP contribution in [0.3, 0.4) is 0 Å². The largest absolute Gasteiger partial charge is 0.404 e. The van der Waals surface area contributed by atoms with E-state index in [9.17, 15) is 22.0 Å². The number of aromatic nitrogens is 2. The maximum Gasteiger partial charge on any atom is 0.350 e. The van der Waals surface area contributed by atoms with E-state index in [1.54, 1.807) is 11.8 Å². The first kappa shape index (κ1) is 28.4. The third-order valence-corrected chi connectivity index (χ3v) is 9.24. The van der Waals surface area contributed by atoms with Crippen LogP contribution in [0.5, 0.6) is 5.88 Å². The maximum atomic E-state index is 15.6. The van der Waals surface area contributed by atoms with Gasteiger partial charge in [0.1, 0.15) is 11.4 Å². The number of carbonyl (C=O) groups is 1. The molecule has 3 fully saturated rings. The van der Waals surface area contributed by atoms with Crippen LogP contribution in [-0.2, 0) is 10.0 Å². The summed E-state index contributed by atoms with van der Waals surface area (Å²) < 4.78 is 75.0. The van der Waals surface area contributed by atoms with Crippen molar-refractivity contribution in [1.29, 1.82) is 0 Å². The summed E-state index contributed by atoms with van der Waals surface area (Å²) in [4.78, 5) is 25.4. The first-order valence-corrected chi connectivity index (χ1v) is 14.8. The van der Waals surface area contributed by atoms with Crippen LogP contribution in [0.1, 0.15) is 48.7 Å². The van der Waals surface area contributed by atoms with Crippen LogP contribution in [0.15, 0.2) is 18.2 Å². The van der Waals surface area contributed by atoms with Crippen LogP contribution in [0.4, 0.5) is 30.5 Å². The molecule has 2 atom stereocenters. The van der Waals surface area contributed by atoms with Gasteiger partial charge < -0.3 is 19.6 Å². The van der Waals surface area contributed by atoms with Crippen molar-refractivity contribution in [2.75, 3.05) is 53.1 Å². The van der Waals surface area contributed by atoms with Gasteiger partial charge in [0.2, 0.25) is 21.9 Å². The van der Waals surface area contributed by atoms with Gasteiger partial charge in [0.05, 0.1) is 23.7 Å². The predicted octanol–water partition coefficient (Wildman–Crippen LogP) is 3.35. The van der Waals surface area contributed by atoms with Gasteiger partial charge in [-0.05, 0) is 43.2 Å². The zero-order valence-electron chi connectivity index (χ0n) is 22.3. The van der Waals surface area contributed by atoms with Crippen molar-refractivity contribution in [3.63, 3.8) is 0 Å². The number of piperidine rings is 2. The first-order chi connectivity index (χ1) is 18.8. The molecule has 2 saturated heterocycles. The summed E-state index contributed by atoms with van der Waals surface area (Å²) in [6.45, 7) is 4.39. The van der Waals surface area contributed by atoms with Crippen molar-refractivity contribution in [3.8, 4) is 5.88 Å². The van der Waals surface area contributed by atoms with E-state index in [1.807, 2.05) is 4.90 Å². The molecule has 14 heteroatoms. The van der Waals surface area contributed by atoms with Gasteiger partial charge in [0.25, 0.3) is 5.92 Å². The average Bonchev–Trinajstić information content (AvgIpc) is 3.53. The Hall–Kier alpha value is -3.13. The number of rotatable bonds is 8. The highest BCUT2D eigenvalue weighted by Crippen LogP contribution is 2.58. The Morgan fingerprint density at radius 1 is 1.15 bits per heavy atom. The molecule has 0 amide bonds. The molecule has 0 spiro atoms. The Bertz CT molecular complexity index is 1420. The molecule has 2 aromatic rings. The summed E-state index contributed by atoms with van der Waals surface area (Å²) in [5, 5.41) is 9.04. The number of aliphatic hydroxyl groups is 1. The number of aliphatic hydroxyl groups excluding tert-OH is 1. The first-order valence-electron chi connectivity index (χ1n) is 13.2. The van der Waals surface area contributed by atoms with Crippen LogP contribution in [0, 0.1) is 24.1 Å². The Morgan fingerprint density at radius 3 is 2.52 bits per heavy atom. The molecular formula is C26H32F3N5O5S. The standard InChI is InChI=1S/C26H32F3N5O5S/c1-16-11-21(31-24(30-16)33-7-4-26(28,29)5-8-33)39-23(36)22-19(27)12-18(32-40(37,38)10-9-35)13-20(22)34-6-3-25(2)14-17(25)15-34/h11-13,17,32,35H,3-10,14-15H2,1-2H3/t17-,25-/m1/s1. The van der Waals surface area contributed by atoms with E-state index in [2.05, 4.69) is 21.6 Å². The van der Waals surface area contributed by atoms with Crippen LogP contribution < -0.4 is 19.3 Å². The van der Waals surface area contributed by atoms with Crippen LogP contribution in [0.2, 0.25) is 0 Å². The molecule has 218 valence electrons. The molecule has 2 aliphatic heterocycles. The third-order valence-electron chi connectivity index (χ3n) is 7.97. The Kier molecular flexibility index (Phi) is 7.36. The number of hydrogen-bond acceptors (Lipinski definition) is 9. The fourth-order valence-corrected chi connectivity index (χ4v) is 6.23. The van der Waals surface area contributed by atoms with E-state index in [4.69, 9.17) is 9.84 Å². The molecule has 0 unspecified atom stereocenters. The van der Waals surface area contributed by atoms with Crippen molar-refractivity contribution in [3.05, 3.63) is 35.3 Å². The number of alkyl halides is 2. The molecule has 40 heavy (non-hydrogen) atoms. The highest BCUT2D eigenvalue weighted by Gasteiger charge is 2.53. The number of nitrogens with one attached hydrogen (secondary N) is 1. The fraction of sp³-hybridized carbons (Fsp3) is 0.577. The zero-order chi connectivity index (χ0) is 28.9. The Labute approximate surface area is 230 Å². The fourth-order valence-electron chi connectivity index (χ4n) is 5.41. The average molecular weight is 584 g/mol. The van der Waals surface area contributed by atoms with Gasteiger partial charge in [-0.1, -0.05) is 6.92 Å². The minimum Gasteiger partial charge on any atom is -0.404 e. The smallest absolute Gasteiger partial charge is 0.350 e. The van der Waals surface area contributed by atoms with Crippen molar-refractivity contribution >= 4 is 33.3 Å². The molecule has 0 radical (unpaired) electrons. The summed E-state index contributed by atoms with van der Waals surface area (Å²) in [6, 6.07) is 3.68. The number of halogens is 3. The van der Waals surface area contributed by atoms with E-state index >= 15 is 4.39 Å². The normalized spacial score (nSPS) is 23.9. The number of anilines is 3. The molecule has 0 bridgehead atoms. The second-order valence-electron chi connectivity index (χ2n) is 11.1. The maximum absolute atomic E-state index is 15.6. The van der Waals surface area contributed by atoms with E-state index < -0.39 is 40.1 Å². The number of sulfonamides is 1. The highest BCUT2D eigenvalue weighted by molar-refractivity contribution is 7.92. The third kappa shape index (κ3) is 6.12. The second kappa shape index (κ2) is 10.4. The van der Waals surface area contributed by atoms with Crippen molar-refractivity contribution in [1.82, 2.24) is 9.97 Å². The van der Waals surface area contributed by atoms with Gasteiger partial charge in [0, 0.05) is 50.8 Å². The van der Waals surface area contributed by atoms with Gasteiger partial charge in [-0.3, -0.25) is 4.72 Å². The van der Waals surface area contributed by atoms with Gasteiger partial charge >= 0.3 is 5.97 Å². The lowest BCUT2D eigenvalue weighted by Gasteiger charge is -2.33. The molecule has 1 saturated carbocycles. The minimum absolute atomic E-state index is 0.0330. The van der Waals surface area contributed by atoms with Gasteiger partial charge in [-0.2, -0.15) is 4.98 Å². The number of carbonyl (C=O) groups excluding carboxylic acids is 1. The Balaban J connectivity index is 1.44. The van der Waals surface area contributed by atoms with E-state index in [0.717, 1.165) is 18.9 Å². The summed E-state index contributed by atoms with van der Waals surface area (Å²) in [5.74, 6) is -5.00. The lowest BCUT2D eigenvalue weighted by Crippen LogP contribution is -2.40. The molecule has 5 rings (SSSR count). The van der Waals surface area contributed by atoms with Crippen molar-refractivity contribution in [2.24, 2.45) is 11.3 Å². The Morgan fingerprint density at radius 2 is 1.85 bits per heavy atom. The van der Waals surface area contributed by atoms with Crippen molar-refractivity contribution in [2.45, 2.75) is 45.5 Å². The molecular weight excluding hydrogens is 551 g/mol. The van der Waals surface area contributed by atoms with Gasteiger partial charge in [-0.15, -0.1) is 0 Å². The highest BCUT2D eigenvalue weighted by atomic mass is 32.2.